The molecule has 3 N–H and O–H groups in total. The highest BCUT2D eigenvalue weighted by Gasteiger charge is 2.11. The van der Waals surface area contributed by atoms with Crippen LogP contribution in [0.25, 0.3) is 0 Å². The second-order valence-corrected chi connectivity index (χ2v) is 4.56. The number of anilines is 1. The third kappa shape index (κ3) is 5.58. The maximum Gasteiger partial charge on any atom is 0.337 e. The van der Waals surface area contributed by atoms with Crippen LogP contribution in [0, 0.1) is 0 Å². The number of ether oxygens (including phenoxy) is 2. The summed E-state index contributed by atoms with van der Waals surface area (Å²) >= 11 is 5.81. The van der Waals surface area contributed by atoms with Crippen LogP contribution in [0.5, 0.6) is 0 Å². The van der Waals surface area contributed by atoms with E-state index in [4.69, 9.17) is 26.2 Å². The molecule has 1 atom stereocenters. The zero-order valence-electron chi connectivity index (χ0n) is 11.7. The summed E-state index contributed by atoms with van der Waals surface area (Å²) in [7, 11) is 3.06. The van der Waals surface area contributed by atoms with Crippen molar-refractivity contribution in [2.75, 3.05) is 32.7 Å². The molecular formula is C13H17ClN2O5. The van der Waals surface area contributed by atoms with Crippen LogP contribution in [0.4, 0.5) is 10.5 Å². The lowest BCUT2D eigenvalue weighted by atomic mass is 10.2. The molecule has 0 heterocycles. The molecule has 0 saturated carbocycles. The summed E-state index contributed by atoms with van der Waals surface area (Å²) in [5, 5.41) is 14.1. The van der Waals surface area contributed by atoms with Gasteiger partial charge >= 0.3 is 12.0 Å². The van der Waals surface area contributed by atoms with E-state index in [0.717, 1.165) is 0 Å². The van der Waals surface area contributed by atoms with Crippen LogP contribution < -0.4 is 10.6 Å². The number of benzene rings is 1. The maximum atomic E-state index is 11.7. The third-order valence-electron chi connectivity index (χ3n) is 2.63. The lowest BCUT2D eigenvalue weighted by Crippen LogP contribution is -2.38. The molecule has 8 heteroatoms. The van der Waals surface area contributed by atoms with Gasteiger partial charge in [-0.05, 0) is 18.2 Å². The Hall–Kier alpha value is -1.83. The fourth-order valence-corrected chi connectivity index (χ4v) is 1.81. The molecule has 1 unspecified atom stereocenters. The van der Waals surface area contributed by atoms with Crippen molar-refractivity contribution in [1.29, 1.82) is 0 Å². The summed E-state index contributed by atoms with van der Waals surface area (Å²) in [6.07, 6.45) is -0.251. The van der Waals surface area contributed by atoms with Crippen molar-refractivity contribution in [3.05, 3.63) is 28.8 Å². The van der Waals surface area contributed by atoms with Gasteiger partial charge in [-0.25, -0.2) is 9.59 Å². The van der Waals surface area contributed by atoms with E-state index in [9.17, 15) is 9.59 Å². The van der Waals surface area contributed by atoms with E-state index in [0.29, 0.717) is 12.3 Å². The lowest BCUT2D eigenvalue weighted by Gasteiger charge is -2.15. The Balaban J connectivity index is 2.55. The Labute approximate surface area is 127 Å². The summed E-state index contributed by atoms with van der Waals surface area (Å²) in [5.41, 5.74) is 0.366. The number of amides is 2. The molecule has 0 radical (unpaired) electrons. The molecule has 2 amide bonds. The first-order valence-electron chi connectivity index (χ1n) is 6.07. The molecule has 116 valence electrons. The lowest BCUT2D eigenvalue weighted by molar-refractivity contribution is 0.0307. The average molecular weight is 317 g/mol. The predicted molar refractivity (Wildman–Crippen MR) is 78.1 cm³/mol. The smallest absolute Gasteiger partial charge is 0.337 e. The van der Waals surface area contributed by atoms with Gasteiger partial charge in [-0.15, -0.1) is 0 Å². The number of hydrogen-bond donors (Lipinski definition) is 3. The minimum absolute atomic E-state index is 0.0258. The summed E-state index contributed by atoms with van der Waals surface area (Å²) in [4.78, 5) is 22.5. The van der Waals surface area contributed by atoms with Gasteiger partial charge < -0.3 is 25.2 Å². The summed E-state index contributed by atoms with van der Waals surface area (Å²) < 4.78 is 10.0. The number of aromatic carboxylic acids is 1. The van der Waals surface area contributed by atoms with Crippen molar-refractivity contribution in [2.24, 2.45) is 0 Å². The zero-order chi connectivity index (χ0) is 15.8. The third-order valence-corrected chi connectivity index (χ3v) is 2.95. The van der Waals surface area contributed by atoms with Crippen molar-refractivity contribution in [2.45, 2.75) is 6.10 Å². The molecule has 0 aromatic heterocycles. The molecule has 7 nitrogen and oxygen atoms in total. The molecule has 0 fully saturated rings. The van der Waals surface area contributed by atoms with Crippen LogP contribution in [0.3, 0.4) is 0 Å². The maximum absolute atomic E-state index is 11.7. The zero-order valence-corrected chi connectivity index (χ0v) is 12.4. The Morgan fingerprint density at radius 3 is 2.62 bits per heavy atom. The van der Waals surface area contributed by atoms with Crippen molar-refractivity contribution < 1.29 is 24.2 Å². The Morgan fingerprint density at radius 1 is 1.38 bits per heavy atom. The molecule has 0 aliphatic rings. The summed E-state index contributed by atoms with van der Waals surface area (Å²) in [6, 6.07) is 3.70. The van der Waals surface area contributed by atoms with Gasteiger partial charge in [0.25, 0.3) is 0 Å². The Kier molecular flexibility index (Phi) is 6.93. The molecular weight excluding hydrogens is 300 g/mol. The van der Waals surface area contributed by atoms with Crippen LogP contribution in [0.1, 0.15) is 10.4 Å². The van der Waals surface area contributed by atoms with Gasteiger partial charge in [-0.1, -0.05) is 11.6 Å². The first kappa shape index (κ1) is 17.2. The minimum atomic E-state index is -1.13. The molecule has 1 aromatic rings. The van der Waals surface area contributed by atoms with Gasteiger partial charge in [0.05, 0.1) is 23.3 Å². The number of carboxylic acid groups (broad SMARTS) is 1. The van der Waals surface area contributed by atoms with Crippen LogP contribution >= 0.6 is 11.6 Å². The number of halogens is 1. The van der Waals surface area contributed by atoms with E-state index in [1.165, 1.54) is 32.4 Å². The molecule has 0 aliphatic carbocycles. The van der Waals surface area contributed by atoms with E-state index in [2.05, 4.69) is 10.6 Å². The molecule has 0 spiro atoms. The average Bonchev–Trinajstić information content (AvgIpc) is 2.43. The van der Waals surface area contributed by atoms with Gasteiger partial charge in [0.2, 0.25) is 0 Å². The number of nitrogens with one attached hydrogen (secondary N) is 2. The highest BCUT2D eigenvalue weighted by Crippen LogP contribution is 2.20. The van der Waals surface area contributed by atoms with Gasteiger partial charge in [0, 0.05) is 26.5 Å². The predicted octanol–water partition coefficient (Wildman–Crippen LogP) is 1.82. The number of carbonyl (C=O) groups is 2. The number of urea groups is 1. The second-order valence-electron chi connectivity index (χ2n) is 4.15. The molecule has 1 aromatic carbocycles. The quantitative estimate of drug-likeness (QED) is 0.713. The molecule has 1 rings (SSSR count). The normalized spacial score (nSPS) is 11.8. The first-order chi connectivity index (χ1) is 9.97. The van der Waals surface area contributed by atoms with Gasteiger partial charge in [0.1, 0.15) is 0 Å². The summed E-state index contributed by atoms with van der Waals surface area (Å²) in [5.74, 6) is -1.13. The van der Waals surface area contributed by atoms with Gasteiger partial charge in [-0.2, -0.15) is 0 Å². The van der Waals surface area contributed by atoms with E-state index in [1.54, 1.807) is 0 Å². The first-order valence-corrected chi connectivity index (χ1v) is 6.45. The van der Waals surface area contributed by atoms with E-state index in [1.807, 2.05) is 0 Å². The fraction of sp³-hybridized carbons (Fsp3) is 0.385. The van der Waals surface area contributed by atoms with Crippen molar-refractivity contribution in [1.82, 2.24) is 5.32 Å². The number of carboxylic acids is 1. The minimum Gasteiger partial charge on any atom is -0.478 e. The van der Waals surface area contributed by atoms with Crippen molar-refractivity contribution >= 4 is 29.3 Å². The van der Waals surface area contributed by atoms with Crippen LogP contribution in [-0.4, -0.2) is 50.6 Å². The highest BCUT2D eigenvalue weighted by atomic mass is 35.5. The Morgan fingerprint density at radius 2 is 2.10 bits per heavy atom. The number of rotatable bonds is 7. The summed E-state index contributed by atoms with van der Waals surface area (Å²) in [6.45, 7) is 0.632. The van der Waals surface area contributed by atoms with Crippen molar-refractivity contribution in [3.8, 4) is 0 Å². The van der Waals surface area contributed by atoms with Gasteiger partial charge in [-0.3, -0.25) is 0 Å². The number of carbonyl (C=O) groups excluding carboxylic acids is 1. The highest BCUT2D eigenvalue weighted by molar-refractivity contribution is 6.33. The second kappa shape index (κ2) is 8.46. The largest absolute Gasteiger partial charge is 0.478 e. The molecule has 0 aliphatic heterocycles. The topological polar surface area (TPSA) is 96.9 Å². The van der Waals surface area contributed by atoms with Crippen molar-refractivity contribution in [3.63, 3.8) is 0 Å². The van der Waals surface area contributed by atoms with Crippen LogP contribution in [0.15, 0.2) is 18.2 Å². The monoisotopic (exact) mass is 316 g/mol. The van der Waals surface area contributed by atoms with Gasteiger partial charge in [0.15, 0.2) is 0 Å². The SMILES string of the molecule is COCC(CNC(=O)Nc1ccc(C(=O)O)c(Cl)c1)OC. The van der Waals surface area contributed by atoms with Crippen LogP contribution in [-0.2, 0) is 9.47 Å². The molecule has 0 saturated heterocycles. The standard InChI is InChI=1S/C13H17ClN2O5/c1-20-7-9(21-2)6-15-13(19)16-8-3-4-10(12(17)18)11(14)5-8/h3-5,9H,6-7H2,1-2H3,(H,17,18)(H2,15,16,19). The Bertz CT molecular complexity index is 509. The van der Waals surface area contributed by atoms with E-state index >= 15 is 0 Å². The van der Waals surface area contributed by atoms with Crippen LogP contribution in [0.2, 0.25) is 5.02 Å². The number of methoxy groups -OCH3 is 2. The van der Waals surface area contributed by atoms with E-state index in [-0.39, 0.29) is 23.2 Å². The number of hydrogen-bond acceptors (Lipinski definition) is 4. The molecule has 21 heavy (non-hydrogen) atoms. The fourth-order valence-electron chi connectivity index (χ4n) is 1.54. The molecule has 0 bridgehead atoms. The van der Waals surface area contributed by atoms with E-state index < -0.39 is 12.0 Å².